The lowest BCUT2D eigenvalue weighted by Crippen LogP contribution is -2.30. The van der Waals surface area contributed by atoms with Crippen LogP contribution in [-0.2, 0) is 46.2 Å². The first-order valence-corrected chi connectivity index (χ1v) is 16.6. The second kappa shape index (κ2) is 16.3. The minimum Gasteiger partial charge on any atom is -0.497 e. The Hall–Kier alpha value is -3.80. The van der Waals surface area contributed by atoms with Crippen LogP contribution in [0.25, 0.3) is 0 Å². The molecule has 0 saturated heterocycles. The summed E-state index contributed by atoms with van der Waals surface area (Å²) >= 11 is 0. The number of benzene rings is 2. The molecule has 16 heteroatoms. The molecule has 0 amide bonds. The lowest BCUT2D eigenvalue weighted by atomic mass is 10.2. The summed E-state index contributed by atoms with van der Waals surface area (Å²) in [4.78, 5) is 0. The van der Waals surface area contributed by atoms with Crippen molar-refractivity contribution in [3.05, 3.63) is 84.2 Å². The molecular weight excluding hydrogens is 612 g/mol. The third-order valence-electron chi connectivity index (χ3n) is 6.25. The summed E-state index contributed by atoms with van der Waals surface area (Å²) < 4.78 is 63.1. The van der Waals surface area contributed by atoms with Crippen LogP contribution in [0, 0.1) is 0 Å². The van der Waals surface area contributed by atoms with Crippen molar-refractivity contribution in [1.82, 2.24) is 23.9 Å². The molecular formula is C28H38N6O8S2. The summed E-state index contributed by atoms with van der Waals surface area (Å²) in [5, 5.41) is 30.1. The van der Waals surface area contributed by atoms with Gasteiger partial charge in [-0.15, -0.1) is 0 Å². The van der Waals surface area contributed by atoms with Crippen molar-refractivity contribution in [2.75, 3.05) is 27.4 Å². The van der Waals surface area contributed by atoms with Crippen LogP contribution in [0.5, 0.6) is 11.5 Å². The Morgan fingerprint density at radius 2 is 1.11 bits per heavy atom. The Labute approximate surface area is 257 Å². The number of aromatic nitrogens is 4. The number of ether oxygens (including phenoxy) is 2. The molecule has 44 heavy (non-hydrogen) atoms. The van der Waals surface area contributed by atoms with Gasteiger partial charge in [0.05, 0.1) is 14.2 Å². The Balaban J connectivity index is 0.000000340. The number of nitrogens with zero attached hydrogens (tertiary/aromatic N) is 5. The van der Waals surface area contributed by atoms with E-state index in [9.17, 15) is 16.8 Å². The lowest BCUT2D eigenvalue weighted by molar-refractivity contribution is 0.276. The number of sulfonamides is 2. The molecule has 0 saturated carbocycles. The Bertz CT molecular complexity index is 1610. The highest BCUT2D eigenvalue weighted by atomic mass is 32.2. The third-order valence-corrected chi connectivity index (χ3v) is 8.74. The molecule has 0 radical (unpaired) electrons. The number of aliphatic hydroxyl groups excluding tert-OH is 2. The smallest absolute Gasteiger partial charge is 0.262 e. The van der Waals surface area contributed by atoms with Crippen LogP contribution in [0.1, 0.15) is 24.0 Å². The molecule has 0 aliphatic carbocycles. The fourth-order valence-corrected chi connectivity index (χ4v) is 5.73. The Morgan fingerprint density at radius 3 is 1.48 bits per heavy atom. The van der Waals surface area contributed by atoms with E-state index in [1.165, 1.54) is 32.0 Å². The van der Waals surface area contributed by atoms with Gasteiger partial charge in [-0.3, -0.25) is 9.36 Å². The van der Waals surface area contributed by atoms with Gasteiger partial charge >= 0.3 is 0 Å². The number of nitrogens with two attached hydrogens (primary N) is 1. The van der Waals surface area contributed by atoms with Crippen molar-refractivity contribution in [3.63, 3.8) is 0 Å². The Morgan fingerprint density at radius 1 is 0.705 bits per heavy atom. The summed E-state index contributed by atoms with van der Waals surface area (Å²) in [5.74, 6) is 1.41. The molecule has 0 atom stereocenters. The number of aliphatic hydroxyl groups is 2. The zero-order valence-corrected chi connectivity index (χ0v) is 26.2. The fourth-order valence-electron chi connectivity index (χ4n) is 3.92. The van der Waals surface area contributed by atoms with Crippen LogP contribution in [0.4, 0.5) is 0 Å². The molecule has 0 aliphatic heterocycles. The van der Waals surface area contributed by atoms with Crippen LogP contribution >= 0.6 is 0 Å². The van der Waals surface area contributed by atoms with E-state index < -0.39 is 20.0 Å². The second-order valence-corrected chi connectivity index (χ2v) is 12.9. The first-order chi connectivity index (χ1) is 21.0. The maximum Gasteiger partial charge on any atom is 0.262 e. The number of rotatable bonds is 15. The van der Waals surface area contributed by atoms with Gasteiger partial charge in [0.1, 0.15) is 11.5 Å². The molecule has 0 spiro atoms. The van der Waals surface area contributed by atoms with Crippen molar-refractivity contribution in [3.8, 4) is 11.5 Å². The van der Waals surface area contributed by atoms with Crippen LogP contribution in [0.3, 0.4) is 0 Å². The maximum atomic E-state index is 13.4. The predicted molar refractivity (Wildman–Crippen MR) is 162 cm³/mol. The molecule has 2 heterocycles. The van der Waals surface area contributed by atoms with Crippen molar-refractivity contribution in [1.29, 1.82) is 0 Å². The number of primary sulfonamides is 1. The molecule has 14 nitrogen and oxygen atoms in total. The zero-order valence-electron chi connectivity index (χ0n) is 24.6. The summed E-state index contributed by atoms with van der Waals surface area (Å²) in [7, 11) is -4.39. The molecule has 0 bridgehead atoms. The normalized spacial score (nSPS) is 11.7. The van der Waals surface area contributed by atoms with Crippen molar-refractivity contribution >= 4 is 20.0 Å². The van der Waals surface area contributed by atoms with Gasteiger partial charge in [0.25, 0.3) is 20.0 Å². The van der Waals surface area contributed by atoms with Gasteiger partial charge < -0.3 is 19.7 Å². The van der Waals surface area contributed by atoms with Gasteiger partial charge in [-0.05, 0) is 60.4 Å². The minimum absolute atomic E-state index is 0.0169. The molecule has 240 valence electrons. The topological polar surface area (TPSA) is 192 Å². The van der Waals surface area contributed by atoms with Gasteiger partial charge in [-0.25, -0.2) is 22.0 Å². The number of methoxy groups -OCH3 is 2. The SMILES string of the molecule is COc1ccc(CN(Cc2ccc(OC)cc2)S(=O)(=O)c2ccn(CCCO)n2)cc1.NS(=O)(=O)c1ccn(CCCO)n1. The summed E-state index contributed by atoms with van der Waals surface area (Å²) in [5.41, 5.74) is 1.66. The molecule has 2 aromatic carbocycles. The van der Waals surface area contributed by atoms with Crippen LogP contribution in [0.2, 0.25) is 0 Å². The third kappa shape index (κ3) is 10.1. The van der Waals surface area contributed by atoms with E-state index in [0.717, 1.165) is 11.1 Å². The predicted octanol–water partition coefficient (Wildman–Crippen LogP) is 1.59. The van der Waals surface area contributed by atoms with E-state index in [2.05, 4.69) is 10.2 Å². The summed E-state index contributed by atoms with van der Waals surface area (Å²) in [6.07, 6.45) is 4.16. The maximum absolute atomic E-state index is 13.4. The molecule has 4 aromatic rings. The summed E-state index contributed by atoms with van der Waals surface area (Å²) in [6.45, 7) is 1.35. The van der Waals surface area contributed by atoms with Gasteiger partial charge in [0.2, 0.25) is 0 Å². The molecule has 2 aromatic heterocycles. The van der Waals surface area contributed by atoms with Crippen molar-refractivity contribution in [2.24, 2.45) is 5.14 Å². The molecule has 0 unspecified atom stereocenters. The Kier molecular flexibility index (Phi) is 12.9. The fraction of sp³-hybridized carbons (Fsp3) is 0.357. The zero-order chi connectivity index (χ0) is 32.2. The van der Waals surface area contributed by atoms with Crippen LogP contribution in [0.15, 0.2) is 83.1 Å². The van der Waals surface area contributed by atoms with E-state index in [-0.39, 0.29) is 36.4 Å². The molecule has 4 rings (SSSR count). The quantitative estimate of drug-likeness (QED) is 0.170. The average Bonchev–Trinajstić information content (AvgIpc) is 3.70. The van der Waals surface area contributed by atoms with Crippen LogP contribution < -0.4 is 14.6 Å². The number of hydrogen-bond acceptors (Lipinski definition) is 10. The average molecular weight is 651 g/mol. The van der Waals surface area contributed by atoms with Crippen molar-refractivity contribution in [2.45, 2.75) is 49.1 Å². The van der Waals surface area contributed by atoms with E-state index in [1.807, 2.05) is 24.3 Å². The first-order valence-electron chi connectivity index (χ1n) is 13.6. The van der Waals surface area contributed by atoms with E-state index in [1.54, 1.807) is 44.7 Å². The van der Waals surface area contributed by atoms with E-state index >= 15 is 0 Å². The van der Waals surface area contributed by atoms with Gasteiger partial charge in [-0.1, -0.05) is 24.3 Å². The second-order valence-electron chi connectivity index (χ2n) is 9.50. The monoisotopic (exact) mass is 650 g/mol. The highest BCUT2D eigenvalue weighted by molar-refractivity contribution is 7.89. The van der Waals surface area contributed by atoms with Crippen molar-refractivity contribution < 1.29 is 36.5 Å². The standard InChI is InChI=1S/C22H27N3O5S.C6H11N3O3S/c1-29-20-8-4-18(5-9-20)16-25(17-19-6-10-21(30-2)11-7-19)31(27,28)22-12-14-24(23-22)13-3-15-26;7-13(11,12)6-2-4-9(8-6)3-1-5-10/h4-12,14,26H,3,13,15-17H2,1-2H3;2,4,10H,1,3,5H2,(H2,7,11,12). The van der Waals surface area contributed by atoms with Gasteiger partial charge in [-0.2, -0.15) is 14.5 Å². The van der Waals surface area contributed by atoms with Crippen LogP contribution in [-0.4, -0.2) is 78.3 Å². The van der Waals surface area contributed by atoms with Gasteiger partial charge in [0, 0.05) is 51.8 Å². The molecule has 0 aliphatic rings. The minimum atomic E-state index is -3.86. The first kappa shape index (κ1) is 34.7. The van der Waals surface area contributed by atoms with E-state index in [4.69, 9.17) is 24.8 Å². The lowest BCUT2D eigenvalue weighted by Gasteiger charge is -2.21. The highest BCUT2D eigenvalue weighted by Gasteiger charge is 2.27. The molecule has 0 fully saturated rings. The number of aryl methyl sites for hydroxylation is 2. The summed E-state index contributed by atoms with van der Waals surface area (Å²) in [6, 6.07) is 17.4. The number of hydrogen-bond donors (Lipinski definition) is 3. The largest absolute Gasteiger partial charge is 0.497 e. The highest BCUT2D eigenvalue weighted by Crippen LogP contribution is 2.22. The van der Waals surface area contributed by atoms with E-state index in [0.29, 0.717) is 37.4 Å². The molecule has 4 N–H and O–H groups in total. The van der Waals surface area contributed by atoms with Gasteiger partial charge in [0.15, 0.2) is 10.1 Å².